The molecule has 0 spiro atoms. The molecule has 0 fully saturated rings. The molecule has 0 aliphatic carbocycles. The van der Waals surface area contributed by atoms with Crippen molar-refractivity contribution in [2.45, 2.75) is 46.3 Å². The number of carbonyl (C=O) groups is 2. The molecule has 0 bridgehead atoms. The van der Waals surface area contributed by atoms with Gasteiger partial charge in [-0.05, 0) is 50.1 Å². The topological polar surface area (TPSA) is 64.7 Å². The second kappa shape index (κ2) is 9.96. The number of nitrogens with zero attached hydrogens (tertiary/aromatic N) is 2. The van der Waals surface area contributed by atoms with Crippen LogP contribution in [0.25, 0.3) is 0 Å². The summed E-state index contributed by atoms with van der Waals surface area (Å²) in [5, 5.41) is 5.69. The van der Waals surface area contributed by atoms with Crippen molar-refractivity contribution in [3.8, 4) is 0 Å². The summed E-state index contributed by atoms with van der Waals surface area (Å²) >= 11 is 0. The van der Waals surface area contributed by atoms with Crippen LogP contribution in [0.4, 0.5) is 16.2 Å². The van der Waals surface area contributed by atoms with Crippen LogP contribution >= 0.6 is 0 Å². The maximum atomic E-state index is 12.5. The van der Waals surface area contributed by atoms with Crippen molar-refractivity contribution in [2.75, 3.05) is 24.3 Å². The van der Waals surface area contributed by atoms with Crippen molar-refractivity contribution in [2.24, 2.45) is 0 Å². The van der Waals surface area contributed by atoms with Crippen molar-refractivity contribution < 1.29 is 9.59 Å². The Balaban J connectivity index is 2.32. The molecule has 6 heteroatoms. The Morgan fingerprint density at radius 1 is 1.00 bits per heavy atom. The Morgan fingerprint density at radius 3 is 2.21 bits per heavy atom. The fraction of sp³-hybridized carbons (Fsp3) is 0.391. The molecule has 6 nitrogen and oxygen atoms in total. The largest absolute Gasteiger partial charge is 0.377 e. The van der Waals surface area contributed by atoms with E-state index in [0.717, 1.165) is 16.8 Å². The van der Waals surface area contributed by atoms with Crippen LogP contribution in [-0.2, 0) is 11.3 Å². The van der Waals surface area contributed by atoms with Crippen molar-refractivity contribution in [3.63, 3.8) is 0 Å². The number of nitrogens with one attached hydrogen (secondary N) is 2. The standard InChI is InChI=1S/C23H32N4O2/c1-16(2)24-23(29)25-21-12-13-22(26(5)6)20(14-21)15-27(18(4)28)17(3)19-10-8-7-9-11-19/h7-14,16-17H,15H2,1-6H3,(H2,24,25,29)/t17-/m0/s1. The van der Waals surface area contributed by atoms with E-state index in [0.29, 0.717) is 12.2 Å². The van der Waals surface area contributed by atoms with E-state index < -0.39 is 0 Å². The van der Waals surface area contributed by atoms with Gasteiger partial charge >= 0.3 is 6.03 Å². The van der Waals surface area contributed by atoms with Crippen LogP contribution < -0.4 is 15.5 Å². The minimum atomic E-state index is -0.246. The summed E-state index contributed by atoms with van der Waals surface area (Å²) in [5.41, 5.74) is 3.75. The molecule has 2 N–H and O–H groups in total. The average molecular weight is 397 g/mol. The highest BCUT2D eigenvalue weighted by molar-refractivity contribution is 5.90. The molecule has 0 saturated heterocycles. The van der Waals surface area contributed by atoms with Gasteiger partial charge in [-0.15, -0.1) is 0 Å². The number of rotatable bonds is 7. The molecule has 2 rings (SSSR count). The monoisotopic (exact) mass is 396 g/mol. The Morgan fingerprint density at radius 2 is 1.66 bits per heavy atom. The smallest absolute Gasteiger partial charge is 0.319 e. The van der Waals surface area contributed by atoms with E-state index in [4.69, 9.17) is 0 Å². The lowest BCUT2D eigenvalue weighted by Crippen LogP contribution is -2.34. The van der Waals surface area contributed by atoms with Crippen LogP contribution in [0.1, 0.15) is 44.9 Å². The molecule has 29 heavy (non-hydrogen) atoms. The summed E-state index contributed by atoms with van der Waals surface area (Å²) in [7, 11) is 3.94. The van der Waals surface area contributed by atoms with E-state index in [-0.39, 0.29) is 24.0 Å². The van der Waals surface area contributed by atoms with Crippen LogP contribution in [0.3, 0.4) is 0 Å². The van der Waals surface area contributed by atoms with E-state index in [2.05, 4.69) is 10.6 Å². The van der Waals surface area contributed by atoms with Gasteiger partial charge in [-0.3, -0.25) is 4.79 Å². The lowest BCUT2D eigenvalue weighted by atomic mass is 10.0. The fourth-order valence-electron chi connectivity index (χ4n) is 3.27. The molecule has 2 aromatic rings. The van der Waals surface area contributed by atoms with Gasteiger partial charge in [-0.25, -0.2) is 4.79 Å². The molecular weight excluding hydrogens is 364 g/mol. The first-order valence-corrected chi connectivity index (χ1v) is 9.89. The van der Waals surface area contributed by atoms with E-state index >= 15 is 0 Å². The van der Waals surface area contributed by atoms with Gasteiger partial charge in [0.05, 0.1) is 6.04 Å². The van der Waals surface area contributed by atoms with Crippen molar-refractivity contribution >= 4 is 23.3 Å². The average Bonchev–Trinajstić information content (AvgIpc) is 2.65. The molecule has 0 saturated carbocycles. The molecule has 3 amide bonds. The minimum Gasteiger partial charge on any atom is -0.377 e. The van der Waals surface area contributed by atoms with E-state index in [9.17, 15) is 9.59 Å². The van der Waals surface area contributed by atoms with E-state index in [1.54, 1.807) is 6.92 Å². The van der Waals surface area contributed by atoms with Gasteiger partial charge in [0.2, 0.25) is 5.91 Å². The maximum absolute atomic E-state index is 12.5. The first-order chi connectivity index (χ1) is 13.7. The molecule has 0 aliphatic rings. The van der Waals surface area contributed by atoms with Crippen LogP contribution in [0.2, 0.25) is 0 Å². The third-order valence-electron chi connectivity index (χ3n) is 4.73. The lowest BCUT2D eigenvalue weighted by molar-refractivity contribution is -0.131. The number of hydrogen-bond acceptors (Lipinski definition) is 3. The Labute approximate surface area is 173 Å². The number of anilines is 2. The van der Waals surface area contributed by atoms with Gasteiger partial charge in [0.25, 0.3) is 0 Å². The van der Waals surface area contributed by atoms with Crippen LogP contribution in [-0.4, -0.2) is 37.0 Å². The second-order valence-electron chi connectivity index (χ2n) is 7.72. The maximum Gasteiger partial charge on any atom is 0.319 e. The Bertz CT molecular complexity index is 834. The van der Waals surface area contributed by atoms with E-state index in [1.165, 1.54) is 0 Å². The molecule has 1 atom stereocenters. The summed E-state index contributed by atoms with van der Waals surface area (Å²) in [5.74, 6) is 0.00183. The quantitative estimate of drug-likeness (QED) is 0.729. The van der Waals surface area contributed by atoms with Crippen molar-refractivity contribution in [1.82, 2.24) is 10.2 Å². The Hall–Kier alpha value is -3.02. The molecule has 0 heterocycles. The zero-order valence-electron chi connectivity index (χ0n) is 18.2. The third-order valence-corrected chi connectivity index (χ3v) is 4.73. The predicted octanol–water partition coefficient (Wildman–Crippen LogP) is 4.39. The normalized spacial score (nSPS) is 11.7. The highest BCUT2D eigenvalue weighted by Gasteiger charge is 2.21. The third kappa shape index (κ3) is 6.24. The van der Waals surface area contributed by atoms with Gasteiger partial charge in [0, 0.05) is 45.0 Å². The summed E-state index contributed by atoms with van der Waals surface area (Å²) in [6.45, 7) is 7.89. The number of hydrogen-bond donors (Lipinski definition) is 2. The number of benzene rings is 2. The van der Waals surface area contributed by atoms with E-state index in [1.807, 2.05) is 93.2 Å². The molecule has 2 aromatic carbocycles. The zero-order valence-corrected chi connectivity index (χ0v) is 18.2. The first kappa shape index (κ1) is 22.3. The molecule has 156 valence electrons. The SMILES string of the molecule is CC(=O)N(Cc1cc(NC(=O)NC(C)C)ccc1N(C)C)[C@@H](C)c1ccccc1. The summed E-state index contributed by atoms with van der Waals surface area (Å²) in [4.78, 5) is 28.4. The lowest BCUT2D eigenvalue weighted by Gasteiger charge is -2.30. The van der Waals surface area contributed by atoms with Crippen LogP contribution in [0.5, 0.6) is 0 Å². The summed E-state index contributed by atoms with van der Waals surface area (Å²) < 4.78 is 0. The summed E-state index contributed by atoms with van der Waals surface area (Å²) in [6, 6.07) is 15.5. The van der Waals surface area contributed by atoms with Crippen LogP contribution in [0.15, 0.2) is 48.5 Å². The fourth-order valence-corrected chi connectivity index (χ4v) is 3.27. The number of urea groups is 1. The number of carbonyl (C=O) groups excluding carboxylic acids is 2. The highest BCUT2D eigenvalue weighted by Crippen LogP contribution is 2.28. The van der Waals surface area contributed by atoms with Crippen LogP contribution in [0, 0.1) is 0 Å². The zero-order chi connectivity index (χ0) is 21.6. The molecule has 0 radical (unpaired) electrons. The number of amides is 3. The molecule has 0 aromatic heterocycles. The first-order valence-electron chi connectivity index (χ1n) is 9.89. The van der Waals surface area contributed by atoms with Gasteiger partial charge in [-0.2, -0.15) is 0 Å². The summed E-state index contributed by atoms with van der Waals surface area (Å²) in [6.07, 6.45) is 0. The highest BCUT2D eigenvalue weighted by atomic mass is 16.2. The van der Waals surface area contributed by atoms with Gasteiger partial charge in [0.1, 0.15) is 0 Å². The van der Waals surface area contributed by atoms with Gasteiger partial charge in [0.15, 0.2) is 0 Å². The Kier molecular flexibility index (Phi) is 7.65. The predicted molar refractivity (Wildman–Crippen MR) is 119 cm³/mol. The molecular formula is C23H32N4O2. The molecule has 0 unspecified atom stereocenters. The van der Waals surface area contributed by atoms with Gasteiger partial charge in [-0.1, -0.05) is 30.3 Å². The van der Waals surface area contributed by atoms with Crippen molar-refractivity contribution in [3.05, 3.63) is 59.7 Å². The van der Waals surface area contributed by atoms with Gasteiger partial charge < -0.3 is 20.4 Å². The second-order valence-corrected chi connectivity index (χ2v) is 7.72. The van der Waals surface area contributed by atoms with Crippen molar-refractivity contribution in [1.29, 1.82) is 0 Å². The molecule has 0 aliphatic heterocycles. The minimum absolute atomic E-state index is 0.00183.